The zero-order chi connectivity index (χ0) is 12.3. The van der Waals surface area contributed by atoms with Gasteiger partial charge in [0.2, 0.25) is 0 Å². The van der Waals surface area contributed by atoms with E-state index in [1.54, 1.807) is 0 Å². The molecule has 2 rings (SSSR count). The third kappa shape index (κ3) is 3.82. The Morgan fingerprint density at radius 3 is 2.71 bits per heavy atom. The Balaban J connectivity index is 1.90. The van der Waals surface area contributed by atoms with Gasteiger partial charge in [0.1, 0.15) is 0 Å². The molecule has 1 atom stereocenters. The van der Waals surface area contributed by atoms with Gasteiger partial charge in [-0.25, -0.2) is 0 Å². The maximum Gasteiger partial charge on any atom is 0.0178 e. The van der Waals surface area contributed by atoms with Crippen molar-refractivity contribution in [1.29, 1.82) is 0 Å². The first-order valence-electron chi connectivity index (χ1n) is 6.63. The van der Waals surface area contributed by atoms with Gasteiger partial charge in [0, 0.05) is 10.5 Å². The zero-order valence-corrected chi connectivity index (χ0v) is 12.4. The summed E-state index contributed by atoms with van der Waals surface area (Å²) in [4.78, 5) is 2.64. The monoisotopic (exact) mass is 295 g/mol. The topological polar surface area (TPSA) is 3.24 Å². The summed E-state index contributed by atoms with van der Waals surface area (Å²) in [5.41, 5.74) is 1.44. The predicted octanol–water partition coefficient (Wildman–Crippen LogP) is 4.11. The van der Waals surface area contributed by atoms with Crippen LogP contribution in [0.25, 0.3) is 0 Å². The van der Waals surface area contributed by atoms with E-state index in [1.165, 1.54) is 36.0 Å². The highest BCUT2D eigenvalue weighted by molar-refractivity contribution is 9.10. The molecule has 0 saturated carbocycles. The van der Waals surface area contributed by atoms with Crippen molar-refractivity contribution in [2.24, 2.45) is 5.92 Å². The second-order valence-electron chi connectivity index (χ2n) is 5.40. The predicted molar refractivity (Wildman–Crippen MR) is 77.3 cm³/mol. The van der Waals surface area contributed by atoms with Crippen molar-refractivity contribution < 1.29 is 0 Å². The highest BCUT2D eigenvalue weighted by Gasteiger charge is 2.20. The minimum absolute atomic E-state index is 0.664. The second kappa shape index (κ2) is 6.01. The number of likely N-dealkylation sites (tertiary alicyclic amines) is 1. The Hall–Kier alpha value is -0.340. The van der Waals surface area contributed by atoms with E-state index in [-0.39, 0.29) is 0 Å². The maximum atomic E-state index is 3.54. The van der Waals surface area contributed by atoms with E-state index in [0.717, 1.165) is 12.3 Å². The van der Waals surface area contributed by atoms with Crippen LogP contribution in [-0.2, 0) is 6.42 Å². The van der Waals surface area contributed by atoms with Gasteiger partial charge in [-0.05, 0) is 62.9 Å². The standard InChI is InChI=1S/C15H22BrN/c1-12-6-8-17(9-7-12)13(2)10-14-4-3-5-15(16)11-14/h3-5,11-13H,6-10H2,1-2H3. The second-order valence-corrected chi connectivity index (χ2v) is 6.32. The Labute approximate surface area is 113 Å². The van der Waals surface area contributed by atoms with Gasteiger partial charge in [-0.1, -0.05) is 35.0 Å². The van der Waals surface area contributed by atoms with Crippen molar-refractivity contribution in [3.63, 3.8) is 0 Å². The molecular formula is C15H22BrN. The number of rotatable bonds is 3. The van der Waals surface area contributed by atoms with E-state index < -0.39 is 0 Å². The molecule has 1 saturated heterocycles. The van der Waals surface area contributed by atoms with Gasteiger partial charge in [-0.15, -0.1) is 0 Å². The first kappa shape index (κ1) is 13.1. The molecule has 2 heteroatoms. The molecule has 0 spiro atoms. The highest BCUT2D eigenvalue weighted by Crippen LogP contribution is 2.20. The molecule has 1 aliphatic rings. The van der Waals surface area contributed by atoms with Crippen LogP contribution in [0.5, 0.6) is 0 Å². The van der Waals surface area contributed by atoms with Crippen molar-refractivity contribution in [3.05, 3.63) is 34.3 Å². The van der Waals surface area contributed by atoms with Crippen LogP contribution in [0, 0.1) is 5.92 Å². The van der Waals surface area contributed by atoms with Crippen LogP contribution in [0.3, 0.4) is 0 Å². The summed E-state index contributed by atoms with van der Waals surface area (Å²) in [6.45, 7) is 7.28. The van der Waals surface area contributed by atoms with Crippen molar-refractivity contribution in [2.45, 2.75) is 39.2 Å². The van der Waals surface area contributed by atoms with Crippen molar-refractivity contribution in [2.75, 3.05) is 13.1 Å². The summed E-state index contributed by atoms with van der Waals surface area (Å²) in [7, 11) is 0. The van der Waals surface area contributed by atoms with Gasteiger partial charge in [-0.2, -0.15) is 0 Å². The molecule has 0 aliphatic carbocycles. The summed E-state index contributed by atoms with van der Waals surface area (Å²) in [5.74, 6) is 0.921. The minimum atomic E-state index is 0.664. The lowest BCUT2D eigenvalue weighted by atomic mass is 9.96. The van der Waals surface area contributed by atoms with Gasteiger partial charge >= 0.3 is 0 Å². The Morgan fingerprint density at radius 2 is 2.06 bits per heavy atom. The van der Waals surface area contributed by atoms with E-state index in [2.05, 4.69) is 58.9 Å². The lowest BCUT2D eigenvalue weighted by molar-refractivity contribution is 0.146. The third-order valence-electron chi connectivity index (χ3n) is 3.86. The van der Waals surface area contributed by atoms with Crippen LogP contribution >= 0.6 is 15.9 Å². The molecule has 1 aromatic rings. The molecule has 1 fully saturated rings. The van der Waals surface area contributed by atoms with E-state index in [4.69, 9.17) is 0 Å². The van der Waals surface area contributed by atoms with Gasteiger partial charge in [0.25, 0.3) is 0 Å². The number of hydrogen-bond acceptors (Lipinski definition) is 1. The van der Waals surface area contributed by atoms with E-state index in [0.29, 0.717) is 6.04 Å². The normalized spacial score (nSPS) is 20.4. The fourth-order valence-electron chi connectivity index (χ4n) is 2.60. The Morgan fingerprint density at radius 1 is 1.35 bits per heavy atom. The fraction of sp³-hybridized carbons (Fsp3) is 0.600. The van der Waals surface area contributed by atoms with Crippen LogP contribution < -0.4 is 0 Å². The maximum absolute atomic E-state index is 3.54. The Kier molecular flexibility index (Phi) is 4.63. The quantitative estimate of drug-likeness (QED) is 0.811. The molecule has 1 unspecified atom stereocenters. The first-order chi connectivity index (χ1) is 8.15. The zero-order valence-electron chi connectivity index (χ0n) is 10.8. The first-order valence-corrected chi connectivity index (χ1v) is 7.43. The summed E-state index contributed by atoms with van der Waals surface area (Å²) in [6, 6.07) is 9.36. The van der Waals surface area contributed by atoms with Gasteiger partial charge in [-0.3, -0.25) is 0 Å². The average molecular weight is 296 g/mol. The molecule has 0 aromatic heterocycles. The van der Waals surface area contributed by atoms with E-state index in [9.17, 15) is 0 Å². The molecule has 94 valence electrons. The molecule has 0 amide bonds. The Bertz CT molecular complexity index is 356. The lowest BCUT2D eigenvalue weighted by Crippen LogP contribution is -2.40. The number of nitrogens with zero attached hydrogens (tertiary/aromatic N) is 1. The molecule has 1 aromatic carbocycles. The molecule has 1 heterocycles. The summed E-state index contributed by atoms with van der Waals surface area (Å²) < 4.78 is 1.19. The fourth-order valence-corrected chi connectivity index (χ4v) is 3.05. The van der Waals surface area contributed by atoms with Crippen LogP contribution in [0.15, 0.2) is 28.7 Å². The number of piperidine rings is 1. The van der Waals surface area contributed by atoms with Crippen molar-refractivity contribution in [3.8, 4) is 0 Å². The van der Waals surface area contributed by atoms with E-state index >= 15 is 0 Å². The molecule has 1 aliphatic heterocycles. The molecule has 0 N–H and O–H groups in total. The SMILES string of the molecule is CC1CCN(C(C)Cc2cccc(Br)c2)CC1. The third-order valence-corrected chi connectivity index (χ3v) is 4.35. The largest absolute Gasteiger partial charge is 0.300 e. The molecular weight excluding hydrogens is 274 g/mol. The summed E-state index contributed by atoms with van der Waals surface area (Å²) >= 11 is 3.54. The van der Waals surface area contributed by atoms with Crippen LogP contribution in [0.1, 0.15) is 32.3 Å². The van der Waals surface area contributed by atoms with Crippen LogP contribution in [0.4, 0.5) is 0 Å². The van der Waals surface area contributed by atoms with Gasteiger partial charge < -0.3 is 4.90 Å². The van der Waals surface area contributed by atoms with Crippen LogP contribution in [-0.4, -0.2) is 24.0 Å². The minimum Gasteiger partial charge on any atom is -0.300 e. The summed E-state index contributed by atoms with van der Waals surface area (Å²) in [6.07, 6.45) is 3.89. The van der Waals surface area contributed by atoms with Crippen molar-refractivity contribution in [1.82, 2.24) is 4.90 Å². The average Bonchev–Trinajstić information content (AvgIpc) is 2.29. The van der Waals surface area contributed by atoms with E-state index in [1.807, 2.05) is 0 Å². The number of halogens is 1. The smallest absolute Gasteiger partial charge is 0.0178 e. The van der Waals surface area contributed by atoms with Crippen LogP contribution in [0.2, 0.25) is 0 Å². The highest BCUT2D eigenvalue weighted by atomic mass is 79.9. The molecule has 0 bridgehead atoms. The van der Waals surface area contributed by atoms with Crippen molar-refractivity contribution >= 4 is 15.9 Å². The summed E-state index contributed by atoms with van der Waals surface area (Å²) in [5, 5.41) is 0. The molecule has 17 heavy (non-hydrogen) atoms. The number of hydrogen-bond donors (Lipinski definition) is 0. The number of benzene rings is 1. The lowest BCUT2D eigenvalue weighted by Gasteiger charge is -2.35. The van der Waals surface area contributed by atoms with Gasteiger partial charge in [0.05, 0.1) is 0 Å². The van der Waals surface area contributed by atoms with Gasteiger partial charge in [0.15, 0.2) is 0 Å². The molecule has 0 radical (unpaired) electrons. The molecule has 1 nitrogen and oxygen atoms in total.